The monoisotopic (exact) mass is 239 g/mol. The lowest BCUT2D eigenvalue weighted by Gasteiger charge is -2.08. The predicted molar refractivity (Wildman–Crippen MR) is 71.0 cm³/mol. The molecule has 0 saturated heterocycles. The standard InChI is InChI=1S/C12H21N3S/c1-8(2)7-15-10(5)11(6)16-12(15)14-13-9(3)4/h8H,7H2,1-6H3/b14-12-. The SMILES string of the molecule is CC(C)=N/N=c1\sc(C)c(C)n1CC(C)C. The third-order valence-electron chi connectivity index (χ3n) is 2.27. The highest BCUT2D eigenvalue weighted by Crippen LogP contribution is 2.11. The number of rotatable bonds is 3. The molecule has 0 aliphatic heterocycles. The van der Waals surface area contributed by atoms with Crippen LogP contribution in [0.4, 0.5) is 0 Å². The molecule has 0 unspecified atom stereocenters. The van der Waals surface area contributed by atoms with Gasteiger partial charge in [-0.3, -0.25) is 0 Å². The molecule has 1 heterocycles. The van der Waals surface area contributed by atoms with Crippen molar-refractivity contribution in [2.75, 3.05) is 0 Å². The first-order valence-electron chi connectivity index (χ1n) is 5.63. The molecule has 0 saturated carbocycles. The third kappa shape index (κ3) is 3.30. The molecular weight excluding hydrogens is 218 g/mol. The van der Waals surface area contributed by atoms with Crippen LogP contribution in [-0.2, 0) is 6.54 Å². The Morgan fingerprint density at radius 3 is 2.44 bits per heavy atom. The van der Waals surface area contributed by atoms with Crippen molar-refractivity contribution in [3.63, 3.8) is 0 Å². The van der Waals surface area contributed by atoms with Gasteiger partial charge in [0, 0.05) is 22.8 Å². The van der Waals surface area contributed by atoms with E-state index in [9.17, 15) is 0 Å². The summed E-state index contributed by atoms with van der Waals surface area (Å²) in [6.07, 6.45) is 0. The summed E-state index contributed by atoms with van der Waals surface area (Å²) >= 11 is 1.71. The van der Waals surface area contributed by atoms with Crippen LogP contribution in [0, 0.1) is 19.8 Å². The maximum atomic E-state index is 4.31. The summed E-state index contributed by atoms with van der Waals surface area (Å²) in [6, 6.07) is 0. The molecule has 0 radical (unpaired) electrons. The van der Waals surface area contributed by atoms with Gasteiger partial charge in [-0.15, -0.1) is 16.4 Å². The molecule has 0 fully saturated rings. The van der Waals surface area contributed by atoms with Crippen molar-refractivity contribution in [2.45, 2.75) is 48.1 Å². The molecule has 0 aliphatic rings. The van der Waals surface area contributed by atoms with E-state index in [0.29, 0.717) is 5.92 Å². The zero-order valence-electron chi connectivity index (χ0n) is 11.0. The first kappa shape index (κ1) is 13.2. The van der Waals surface area contributed by atoms with Crippen LogP contribution in [-0.4, -0.2) is 10.3 Å². The van der Waals surface area contributed by atoms with Crippen LogP contribution in [0.5, 0.6) is 0 Å². The van der Waals surface area contributed by atoms with Gasteiger partial charge in [-0.25, -0.2) is 0 Å². The van der Waals surface area contributed by atoms with Crippen molar-refractivity contribution in [1.82, 2.24) is 4.57 Å². The molecule has 16 heavy (non-hydrogen) atoms. The van der Waals surface area contributed by atoms with E-state index in [1.165, 1.54) is 10.6 Å². The maximum absolute atomic E-state index is 4.31. The molecule has 0 amide bonds. The Labute approximate surface area is 102 Å². The van der Waals surface area contributed by atoms with Crippen LogP contribution in [0.2, 0.25) is 0 Å². The molecule has 1 aromatic rings. The van der Waals surface area contributed by atoms with Gasteiger partial charge in [0.05, 0.1) is 0 Å². The lowest BCUT2D eigenvalue weighted by molar-refractivity contribution is 0.504. The second-order valence-corrected chi connectivity index (χ2v) is 5.86. The topological polar surface area (TPSA) is 29.6 Å². The van der Waals surface area contributed by atoms with Gasteiger partial charge in [-0.05, 0) is 33.6 Å². The van der Waals surface area contributed by atoms with E-state index < -0.39 is 0 Å². The van der Waals surface area contributed by atoms with E-state index in [1.54, 1.807) is 11.3 Å². The number of hydrogen-bond acceptors (Lipinski definition) is 3. The zero-order chi connectivity index (χ0) is 12.3. The van der Waals surface area contributed by atoms with Crippen LogP contribution in [0.1, 0.15) is 38.3 Å². The highest BCUT2D eigenvalue weighted by Gasteiger charge is 2.07. The molecule has 4 heteroatoms. The Hall–Kier alpha value is -0.900. The number of hydrogen-bond donors (Lipinski definition) is 0. The predicted octanol–water partition coefficient (Wildman–Crippen LogP) is 3.12. The van der Waals surface area contributed by atoms with E-state index in [-0.39, 0.29) is 0 Å². The Balaban J connectivity index is 3.23. The first-order chi connectivity index (χ1) is 7.41. The Morgan fingerprint density at radius 2 is 1.94 bits per heavy atom. The molecule has 0 aromatic carbocycles. The average molecular weight is 239 g/mol. The van der Waals surface area contributed by atoms with Gasteiger partial charge >= 0.3 is 0 Å². The van der Waals surface area contributed by atoms with E-state index in [4.69, 9.17) is 0 Å². The molecule has 1 rings (SSSR count). The molecular formula is C12H21N3S. The van der Waals surface area contributed by atoms with Gasteiger partial charge in [-0.2, -0.15) is 5.10 Å². The minimum absolute atomic E-state index is 0.623. The summed E-state index contributed by atoms with van der Waals surface area (Å²) in [5, 5.41) is 8.46. The summed E-state index contributed by atoms with van der Waals surface area (Å²) in [4.78, 5) is 2.33. The molecule has 0 spiro atoms. The fraction of sp³-hybridized carbons (Fsp3) is 0.667. The van der Waals surface area contributed by atoms with Crippen LogP contribution in [0.25, 0.3) is 0 Å². The van der Waals surface area contributed by atoms with Gasteiger partial charge in [0.25, 0.3) is 0 Å². The van der Waals surface area contributed by atoms with Gasteiger partial charge in [0.2, 0.25) is 4.80 Å². The Morgan fingerprint density at radius 1 is 1.31 bits per heavy atom. The van der Waals surface area contributed by atoms with Gasteiger partial charge < -0.3 is 4.57 Å². The highest BCUT2D eigenvalue weighted by molar-refractivity contribution is 7.09. The zero-order valence-corrected chi connectivity index (χ0v) is 11.9. The number of nitrogens with zero attached hydrogens (tertiary/aromatic N) is 3. The van der Waals surface area contributed by atoms with Crippen LogP contribution >= 0.6 is 11.3 Å². The molecule has 0 aliphatic carbocycles. The van der Waals surface area contributed by atoms with Crippen LogP contribution < -0.4 is 4.80 Å². The van der Waals surface area contributed by atoms with Crippen molar-refractivity contribution in [3.8, 4) is 0 Å². The van der Waals surface area contributed by atoms with E-state index >= 15 is 0 Å². The summed E-state index contributed by atoms with van der Waals surface area (Å²) in [6.45, 7) is 13.7. The summed E-state index contributed by atoms with van der Waals surface area (Å²) in [7, 11) is 0. The Bertz CT molecular complexity index is 445. The summed E-state index contributed by atoms with van der Waals surface area (Å²) < 4.78 is 2.26. The minimum atomic E-state index is 0.623. The highest BCUT2D eigenvalue weighted by atomic mass is 32.1. The second kappa shape index (κ2) is 5.43. The van der Waals surface area contributed by atoms with E-state index in [1.807, 2.05) is 13.8 Å². The molecule has 0 N–H and O–H groups in total. The van der Waals surface area contributed by atoms with E-state index in [0.717, 1.165) is 17.1 Å². The van der Waals surface area contributed by atoms with Crippen molar-refractivity contribution >= 4 is 17.0 Å². The summed E-state index contributed by atoms with van der Waals surface area (Å²) in [5.41, 5.74) is 2.29. The first-order valence-corrected chi connectivity index (χ1v) is 6.45. The lowest BCUT2D eigenvalue weighted by atomic mass is 10.2. The maximum Gasteiger partial charge on any atom is 0.210 e. The van der Waals surface area contributed by atoms with Crippen molar-refractivity contribution in [1.29, 1.82) is 0 Å². The van der Waals surface area contributed by atoms with Gasteiger partial charge in [0.15, 0.2) is 0 Å². The number of thiazole rings is 1. The third-order valence-corrected chi connectivity index (χ3v) is 3.36. The van der Waals surface area contributed by atoms with Crippen LogP contribution in [0.15, 0.2) is 10.2 Å². The minimum Gasteiger partial charge on any atom is -0.319 e. The number of aromatic nitrogens is 1. The molecule has 90 valence electrons. The molecule has 3 nitrogen and oxygen atoms in total. The van der Waals surface area contributed by atoms with E-state index in [2.05, 4.69) is 42.5 Å². The fourth-order valence-corrected chi connectivity index (χ4v) is 2.33. The quantitative estimate of drug-likeness (QED) is 0.573. The Kier molecular flexibility index (Phi) is 4.47. The van der Waals surface area contributed by atoms with Gasteiger partial charge in [-0.1, -0.05) is 13.8 Å². The molecule has 0 atom stereocenters. The number of aryl methyl sites for hydroxylation is 1. The average Bonchev–Trinajstić information content (AvgIpc) is 2.42. The molecule has 0 bridgehead atoms. The second-order valence-electron chi connectivity index (χ2n) is 4.68. The van der Waals surface area contributed by atoms with Gasteiger partial charge in [0.1, 0.15) is 0 Å². The lowest BCUT2D eigenvalue weighted by Crippen LogP contribution is -2.19. The molecule has 1 aromatic heterocycles. The normalized spacial score (nSPS) is 12.3. The van der Waals surface area contributed by atoms with Crippen molar-refractivity contribution in [3.05, 3.63) is 15.4 Å². The van der Waals surface area contributed by atoms with Crippen molar-refractivity contribution < 1.29 is 0 Å². The fourth-order valence-electron chi connectivity index (χ4n) is 1.40. The van der Waals surface area contributed by atoms with Crippen molar-refractivity contribution in [2.24, 2.45) is 16.1 Å². The summed E-state index contributed by atoms with van der Waals surface area (Å²) in [5.74, 6) is 0.623. The van der Waals surface area contributed by atoms with Crippen LogP contribution in [0.3, 0.4) is 0 Å². The smallest absolute Gasteiger partial charge is 0.210 e. The largest absolute Gasteiger partial charge is 0.319 e.